The zero-order valence-electron chi connectivity index (χ0n) is 17.2. The number of ether oxygens (including phenoxy) is 2. The molecular weight excluding hydrogens is 388 g/mol. The minimum Gasteiger partial charge on any atom is -0.491 e. The summed E-state index contributed by atoms with van der Waals surface area (Å²) in [6.07, 6.45) is 7.58. The standard InChI is InChI=1S/C25H22N4O2/c1-2-30-13-14-31-20-9-7-18(8-10-20)19-15-27-25-23(16-28-29(25)17-19)21-11-12-26-24-6-4-3-5-22(21)24/h3-12,15-17H,2,13-14H2,1H3. The zero-order valence-corrected chi connectivity index (χ0v) is 17.2. The monoisotopic (exact) mass is 410 g/mol. The molecule has 0 atom stereocenters. The van der Waals surface area contributed by atoms with Gasteiger partial charge in [0.05, 0.1) is 18.3 Å². The van der Waals surface area contributed by atoms with E-state index in [2.05, 4.69) is 16.1 Å². The van der Waals surface area contributed by atoms with E-state index in [-0.39, 0.29) is 0 Å². The summed E-state index contributed by atoms with van der Waals surface area (Å²) in [5.41, 5.74) is 5.88. The molecule has 0 unspecified atom stereocenters. The minimum absolute atomic E-state index is 0.542. The zero-order chi connectivity index (χ0) is 21.0. The number of pyridine rings is 1. The van der Waals surface area contributed by atoms with Gasteiger partial charge in [0, 0.05) is 41.7 Å². The first kappa shape index (κ1) is 19.2. The van der Waals surface area contributed by atoms with Gasteiger partial charge in [-0.25, -0.2) is 9.50 Å². The molecule has 6 nitrogen and oxygen atoms in total. The first-order valence-electron chi connectivity index (χ1n) is 10.3. The number of nitrogens with zero attached hydrogens (tertiary/aromatic N) is 4. The van der Waals surface area contributed by atoms with Crippen LogP contribution in [0.25, 0.3) is 38.8 Å². The smallest absolute Gasteiger partial charge is 0.162 e. The Kier molecular flexibility index (Phi) is 5.29. The second-order valence-corrected chi connectivity index (χ2v) is 7.11. The fraction of sp³-hybridized carbons (Fsp3) is 0.160. The summed E-state index contributed by atoms with van der Waals surface area (Å²) in [6.45, 7) is 3.81. The van der Waals surface area contributed by atoms with Gasteiger partial charge < -0.3 is 9.47 Å². The molecule has 0 saturated heterocycles. The van der Waals surface area contributed by atoms with Gasteiger partial charge in [-0.15, -0.1) is 0 Å². The topological polar surface area (TPSA) is 61.5 Å². The highest BCUT2D eigenvalue weighted by Crippen LogP contribution is 2.30. The van der Waals surface area contributed by atoms with E-state index >= 15 is 0 Å². The van der Waals surface area contributed by atoms with Gasteiger partial charge in [-0.2, -0.15) is 5.10 Å². The highest BCUT2D eigenvalue weighted by atomic mass is 16.5. The molecule has 31 heavy (non-hydrogen) atoms. The second kappa shape index (κ2) is 8.53. The Morgan fingerprint density at radius 2 is 1.71 bits per heavy atom. The van der Waals surface area contributed by atoms with E-state index in [1.807, 2.05) is 84.8 Å². The van der Waals surface area contributed by atoms with Crippen molar-refractivity contribution < 1.29 is 9.47 Å². The van der Waals surface area contributed by atoms with Gasteiger partial charge in [0.15, 0.2) is 5.65 Å². The number of hydrogen-bond donors (Lipinski definition) is 0. The number of rotatable bonds is 7. The van der Waals surface area contributed by atoms with Crippen LogP contribution in [0.2, 0.25) is 0 Å². The minimum atomic E-state index is 0.542. The van der Waals surface area contributed by atoms with Crippen molar-refractivity contribution in [1.29, 1.82) is 0 Å². The lowest BCUT2D eigenvalue weighted by Crippen LogP contribution is -2.06. The summed E-state index contributed by atoms with van der Waals surface area (Å²) >= 11 is 0. The SMILES string of the molecule is CCOCCOc1ccc(-c2cnc3c(-c4ccnc5ccccc45)cnn3c2)cc1. The predicted molar refractivity (Wildman–Crippen MR) is 121 cm³/mol. The van der Waals surface area contributed by atoms with Crippen molar-refractivity contribution in [3.63, 3.8) is 0 Å². The fourth-order valence-corrected chi connectivity index (χ4v) is 3.65. The van der Waals surface area contributed by atoms with Crippen LogP contribution in [-0.4, -0.2) is 39.4 Å². The first-order valence-corrected chi connectivity index (χ1v) is 10.3. The molecule has 3 heterocycles. The van der Waals surface area contributed by atoms with Crippen LogP contribution >= 0.6 is 0 Å². The highest BCUT2D eigenvalue weighted by molar-refractivity contribution is 5.97. The molecule has 0 fully saturated rings. The van der Waals surface area contributed by atoms with Crippen LogP contribution in [0, 0.1) is 0 Å². The van der Waals surface area contributed by atoms with E-state index in [0.29, 0.717) is 19.8 Å². The number of hydrogen-bond acceptors (Lipinski definition) is 5. The first-order chi connectivity index (χ1) is 15.3. The quantitative estimate of drug-likeness (QED) is 0.352. The number of fused-ring (bicyclic) bond motifs is 2. The molecule has 0 spiro atoms. The van der Waals surface area contributed by atoms with Crippen LogP contribution < -0.4 is 4.74 Å². The van der Waals surface area contributed by atoms with Crippen molar-refractivity contribution in [1.82, 2.24) is 19.6 Å². The van der Waals surface area contributed by atoms with Crippen LogP contribution in [0.5, 0.6) is 5.75 Å². The third kappa shape index (κ3) is 3.85. The molecule has 0 radical (unpaired) electrons. The van der Waals surface area contributed by atoms with Crippen molar-refractivity contribution >= 4 is 16.6 Å². The summed E-state index contributed by atoms with van der Waals surface area (Å²) in [4.78, 5) is 9.18. The van der Waals surface area contributed by atoms with E-state index < -0.39 is 0 Å². The Morgan fingerprint density at radius 3 is 2.58 bits per heavy atom. The van der Waals surface area contributed by atoms with Crippen molar-refractivity contribution in [2.75, 3.05) is 19.8 Å². The molecule has 0 aliphatic carbocycles. The molecule has 0 bridgehead atoms. The largest absolute Gasteiger partial charge is 0.491 e. The van der Waals surface area contributed by atoms with Gasteiger partial charge in [-0.3, -0.25) is 4.98 Å². The molecule has 0 aliphatic rings. The molecule has 5 rings (SSSR count). The Bertz CT molecular complexity index is 1320. The molecule has 0 aliphatic heterocycles. The summed E-state index contributed by atoms with van der Waals surface area (Å²) in [6, 6.07) is 18.1. The van der Waals surface area contributed by atoms with Crippen LogP contribution in [0.3, 0.4) is 0 Å². The summed E-state index contributed by atoms with van der Waals surface area (Å²) in [5.74, 6) is 0.823. The van der Waals surface area contributed by atoms with Gasteiger partial charge in [0.1, 0.15) is 12.4 Å². The van der Waals surface area contributed by atoms with Crippen molar-refractivity contribution in [3.8, 4) is 28.0 Å². The maximum atomic E-state index is 5.69. The third-order valence-corrected chi connectivity index (χ3v) is 5.18. The van der Waals surface area contributed by atoms with Crippen molar-refractivity contribution in [2.24, 2.45) is 0 Å². The molecule has 154 valence electrons. The van der Waals surface area contributed by atoms with Crippen molar-refractivity contribution in [2.45, 2.75) is 6.92 Å². The molecular formula is C25H22N4O2. The predicted octanol–water partition coefficient (Wildman–Crippen LogP) is 5.03. The van der Waals surface area contributed by atoms with Gasteiger partial charge in [-0.1, -0.05) is 30.3 Å². The lowest BCUT2D eigenvalue weighted by molar-refractivity contribution is 0.110. The average Bonchev–Trinajstić information content (AvgIpc) is 3.25. The van der Waals surface area contributed by atoms with Crippen LogP contribution in [-0.2, 0) is 4.74 Å². The molecule has 0 saturated carbocycles. The highest BCUT2D eigenvalue weighted by Gasteiger charge is 2.12. The number of aromatic nitrogens is 4. The van der Waals surface area contributed by atoms with Gasteiger partial charge in [-0.05, 0) is 42.3 Å². The lowest BCUT2D eigenvalue weighted by Gasteiger charge is -2.08. The average molecular weight is 410 g/mol. The summed E-state index contributed by atoms with van der Waals surface area (Å²) < 4.78 is 12.8. The number of benzene rings is 2. The third-order valence-electron chi connectivity index (χ3n) is 5.18. The molecule has 3 aromatic heterocycles. The Hall–Kier alpha value is -3.77. The van der Waals surface area contributed by atoms with Gasteiger partial charge in [0.2, 0.25) is 0 Å². The maximum Gasteiger partial charge on any atom is 0.162 e. The van der Waals surface area contributed by atoms with Crippen molar-refractivity contribution in [3.05, 3.63) is 79.4 Å². The lowest BCUT2D eigenvalue weighted by atomic mass is 10.0. The van der Waals surface area contributed by atoms with E-state index in [0.717, 1.165) is 44.6 Å². The maximum absolute atomic E-state index is 5.69. The molecule has 2 aromatic carbocycles. The van der Waals surface area contributed by atoms with E-state index in [4.69, 9.17) is 14.5 Å². The van der Waals surface area contributed by atoms with Crippen LogP contribution in [0.15, 0.2) is 79.4 Å². The Morgan fingerprint density at radius 1 is 0.839 bits per heavy atom. The van der Waals surface area contributed by atoms with Gasteiger partial charge in [0.25, 0.3) is 0 Å². The van der Waals surface area contributed by atoms with Crippen LogP contribution in [0.4, 0.5) is 0 Å². The molecule has 0 amide bonds. The van der Waals surface area contributed by atoms with E-state index in [1.54, 1.807) is 0 Å². The fourth-order valence-electron chi connectivity index (χ4n) is 3.65. The summed E-state index contributed by atoms with van der Waals surface area (Å²) in [7, 11) is 0. The Balaban J connectivity index is 1.43. The normalized spacial score (nSPS) is 11.3. The molecule has 5 aromatic rings. The molecule has 0 N–H and O–H groups in total. The second-order valence-electron chi connectivity index (χ2n) is 7.11. The number of para-hydroxylation sites is 1. The summed E-state index contributed by atoms with van der Waals surface area (Å²) in [5, 5.41) is 5.65. The van der Waals surface area contributed by atoms with Gasteiger partial charge >= 0.3 is 0 Å². The van der Waals surface area contributed by atoms with Crippen LogP contribution in [0.1, 0.15) is 6.92 Å². The van der Waals surface area contributed by atoms with E-state index in [9.17, 15) is 0 Å². The van der Waals surface area contributed by atoms with E-state index in [1.165, 1.54) is 0 Å². The Labute approximate surface area is 180 Å². The molecule has 6 heteroatoms.